The molecule has 0 bridgehead atoms. The van der Waals surface area contributed by atoms with E-state index in [2.05, 4.69) is 60.8 Å². The van der Waals surface area contributed by atoms with Crippen LogP contribution in [-0.4, -0.2) is 32.6 Å². The van der Waals surface area contributed by atoms with E-state index in [-0.39, 0.29) is 0 Å². The van der Waals surface area contributed by atoms with E-state index in [1.807, 2.05) is 0 Å². The molecule has 0 radical (unpaired) electrons. The van der Waals surface area contributed by atoms with E-state index in [0.29, 0.717) is 12.6 Å². The number of nitrogens with zero attached hydrogens (tertiary/aromatic N) is 2. The largest absolute Gasteiger partial charge is 0.378 e. The molecule has 22 heavy (non-hydrogen) atoms. The lowest BCUT2D eigenvalue weighted by Crippen LogP contribution is -2.44. The van der Waals surface area contributed by atoms with Crippen molar-refractivity contribution in [2.45, 2.75) is 51.6 Å². The number of aliphatic imine (C=N–C) groups is 1. The lowest BCUT2D eigenvalue weighted by molar-refractivity contribution is 0.410. The highest BCUT2D eigenvalue weighted by molar-refractivity contribution is 5.80. The molecule has 0 aliphatic heterocycles. The summed E-state index contributed by atoms with van der Waals surface area (Å²) in [5.41, 5.74) is 2.46. The Hall–Kier alpha value is -1.71. The molecule has 4 heteroatoms. The Morgan fingerprint density at radius 2 is 2.00 bits per heavy atom. The molecule has 4 nitrogen and oxygen atoms in total. The first kappa shape index (κ1) is 16.7. The maximum Gasteiger partial charge on any atom is 0.191 e. The molecule has 0 spiro atoms. The van der Waals surface area contributed by atoms with Crippen LogP contribution in [0.5, 0.6) is 0 Å². The number of anilines is 1. The Kier molecular flexibility index (Phi) is 6.56. The molecule has 1 aliphatic carbocycles. The zero-order chi connectivity index (χ0) is 15.8. The molecule has 1 aromatic carbocycles. The number of hydrogen-bond donors (Lipinski definition) is 2. The Morgan fingerprint density at radius 1 is 1.23 bits per heavy atom. The molecule has 122 valence electrons. The van der Waals surface area contributed by atoms with E-state index < -0.39 is 0 Å². The summed E-state index contributed by atoms with van der Waals surface area (Å²) >= 11 is 0. The van der Waals surface area contributed by atoms with Crippen molar-refractivity contribution in [2.75, 3.05) is 25.5 Å². The van der Waals surface area contributed by atoms with E-state index in [0.717, 1.165) is 12.5 Å². The fraction of sp³-hybridized carbons (Fsp3) is 0.611. The van der Waals surface area contributed by atoms with Crippen LogP contribution in [0.15, 0.2) is 29.3 Å². The van der Waals surface area contributed by atoms with Gasteiger partial charge >= 0.3 is 0 Å². The number of guanidine groups is 1. The predicted octanol–water partition coefficient (Wildman–Crippen LogP) is 3.14. The molecule has 2 N–H and O–H groups in total. The third-order valence-electron chi connectivity index (χ3n) is 4.14. The summed E-state index contributed by atoms with van der Waals surface area (Å²) in [5.74, 6) is 0.949. The molecule has 0 saturated heterocycles. The van der Waals surface area contributed by atoms with E-state index in [4.69, 9.17) is 4.99 Å². The van der Waals surface area contributed by atoms with Crippen LogP contribution < -0.4 is 15.5 Å². The summed E-state index contributed by atoms with van der Waals surface area (Å²) in [7, 11) is 4.13. The normalized spacial score (nSPS) is 16.4. The van der Waals surface area contributed by atoms with Gasteiger partial charge in [0.2, 0.25) is 0 Å². The number of nitrogens with one attached hydrogen (secondary N) is 2. The standard InChI is InChI=1S/C18H30N4/c1-4-19-18(21-16-10-6-5-7-11-16)20-14-15-9-8-12-17(13-15)22(2)3/h8-9,12-13,16H,4-7,10-11,14H2,1-3H3,(H2,19,20,21). The van der Waals surface area contributed by atoms with Crippen molar-refractivity contribution < 1.29 is 0 Å². The van der Waals surface area contributed by atoms with Crippen LogP contribution in [0.1, 0.15) is 44.6 Å². The number of hydrogen-bond acceptors (Lipinski definition) is 2. The highest BCUT2D eigenvalue weighted by atomic mass is 15.2. The molecule has 1 aromatic rings. The Labute approximate surface area is 135 Å². The van der Waals surface area contributed by atoms with E-state index >= 15 is 0 Å². The Morgan fingerprint density at radius 3 is 2.68 bits per heavy atom. The highest BCUT2D eigenvalue weighted by Crippen LogP contribution is 2.17. The van der Waals surface area contributed by atoms with Crippen LogP contribution in [-0.2, 0) is 6.54 Å². The van der Waals surface area contributed by atoms with Crippen molar-refractivity contribution in [3.8, 4) is 0 Å². The third kappa shape index (κ3) is 5.24. The van der Waals surface area contributed by atoms with Crippen LogP contribution in [0.4, 0.5) is 5.69 Å². The summed E-state index contributed by atoms with van der Waals surface area (Å²) in [5, 5.41) is 6.96. The lowest BCUT2D eigenvalue weighted by atomic mass is 9.96. The van der Waals surface area contributed by atoms with Gasteiger partial charge in [-0.1, -0.05) is 31.4 Å². The Bertz CT molecular complexity index is 476. The zero-order valence-corrected chi connectivity index (χ0v) is 14.2. The summed E-state index contributed by atoms with van der Waals surface area (Å²) in [4.78, 5) is 6.88. The van der Waals surface area contributed by atoms with Crippen molar-refractivity contribution in [1.82, 2.24) is 10.6 Å². The average molecular weight is 302 g/mol. The average Bonchev–Trinajstić information content (AvgIpc) is 2.54. The summed E-state index contributed by atoms with van der Waals surface area (Å²) in [6.45, 7) is 3.73. The van der Waals surface area contributed by atoms with E-state index in [9.17, 15) is 0 Å². The van der Waals surface area contributed by atoms with Crippen LogP contribution in [0, 0.1) is 0 Å². The fourth-order valence-corrected chi connectivity index (χ4v) is 2.86. The van der Waals surface area contributed by atoms with Crippen molar-refractivity contribution >= 4 is 11.6 Å². The SMILES string of the molecule is CCNC(=NCc1cccc(N(C)C)c1)NC1CCCCC1. The highest BCUT2D eigenvalue weighted by Gasteiger charge is 2.14. The molecule has 1 aliphatic rings. The van der Waals surface area contributed by atoms with E-state index in [1.165, 1.54) is 43.4 Å². The first-order chi connectivity index (χ1) is 10.7. The minimum atomic E-state index is 0.583. The number of benzene rings is 1. The molecule has 1 saturated carbocycles. The van der Waals surface area contributed by atoms with Crippen molar-refractivity contribution in [2.24, 2.45) is 4.99 Å². The van der Waals surface area contributed by atoms with Crippen molar-refractivity contribution in [3.05, 3.63) is 29.8 Å². The lowest BCUT2D eigenvalue weighted by Gasteiger charge is -2.24. The van der Waals surface area contributed by atoms with Crippen LogP contribution in [0.3, 0.4) is 0 Å². The van der Waals surface area contributed by atoms with Gasteiger partial charge in [-0.15, -0.1) is 0 Å². The van der Waals surface area contributed by atoms with Gasteiger partial charge in [0.25, 0.3) is 0 Å². The van der Waals surface area contributed by atoms with Gasteiger partial charge < -0.3 is 15.5 Å². The van der Waals surface area contributed by atoms with Gasteiger partial charge in [0, 0.05) is 32.4 Å². The predicted molar refractivity (Wildman–Crippen MR) is 95.6 cm³/mol. The fourth-order valence-electron chi connectivity index (χ4n) is 2.86. The quantitative estimate of drug-likeness (QED) is 0.648. The molecular formula is C18H30N4. The monoisotopic (exact) mass is 302 g/mol. The van der Waals surface area contributed by atoms with Crippen LogP contribution in [0.25, 0.3) is 0 Å². The third-order valence-corrected chi connectivity index (χ3v) is 4.14. The van der Waals surface area contributed by atoms with Gasteiger partial charge in [0.1, 0.15) is 0 Å². The molecule has 2 rings (SSSR count). The first-order valence-electron chi connectivity index (χ1n) is 8.50. The van der Waals surface area contributed by atoms with Gasteiger partial charge in [-0.2, -0.15) is 0 Å². The molecule has 0 heterocycles. The summed E-state index contributed by atoms with van der Waals surface area (Å²) < 4.78 is 0. The maximum absolute atomic E-state index is 4.75. The second kappa shape index (κ2) is 8.66. The molecule has 0 aromatic heterocycles. The zero-order valence-electron chi connectivity index (χ0n) is 14.2. The molecule has 1 fully saturated rings. The Balaban J connectivity index is 1.98. The summed E-state index contributed by atoms with van der Waals surface area (Å²) in [6.07, 6.45) is 6.58. The summed E-state index contributed by atoms with van der Waals surface area (Å²) in [6, 6.07) is 9.15. The van der Waals surface area contributed by atoms with Gasteiger partial charge in [-0.25, -0.2) is 4.99 Å². The molecule has 0 amide bonds. The van der Waals surface area contributed by atoms with Gasteiger partial charge in [-0.3, -0.25) is 0 Å². The number of rotatable bonds is 5. The van der Waals surface area contributed by atoms with Gasteiger partial charge in [0.05, 0.1) is 6.54 Å². The van der Waals surface area contributed by atoms with Crippen molar-refractivity contribution in [3.63, 3.8) is 0 Å². The minimum absolute atomic E-state index is 0.583. The maximum atomic E-state index is 4.75. The van der Waals surface area contributed by atoms with Crippen LogP contribution >= 0.6 is 0 Å². The molecular weight excluding hydrogens is 272 g/mol. The van der Waals surface area contributed by atoms with E-state index in [1.54, 1.807) is 0 Å². The smallest absolute Gasteiger partial charge is 0.191 e. The van der Waals surface area contributed by atoms with Gasteiger partial charge in [0.15, 0.2) is 5.96 Å². The second-order valence-corrected chi connectivity index (χ2v) is 6.24. The van der Waals surface area contributed by atoms with Crippen molar-refractivity contribution in [1.29, 1.82) is 0 Å². The molecule has 0 unspecified atom stereocenters. The second-order valence-electron chi connectivity index (χ2n) is 6.24. The minimum Gasteiger partial charge on any atom is -0.378 e. The first-order valence-corrected chi connectivity index (χ1v) is 8.50. The topological polar surface area (TPSA) is 39.7 Å². The van der Waals surface area contributed by atoms with Crippen LogP contribution in [0.2, 0.25) is 0 Å². The van der Waals surface area contributed by atoms with Gasteiger partial charge in [-0.05, 0) is 37.5 Å². The molecule has 0 atom stereocenters.